The van der Waals surface area contributed by atoms with Crippen LogP contribution >= 0.6 is 0 Å². The maximum absolute atomic E-state index is 10.2. The van der Waals surface area contributed by atoms with Crippen molar-refractivity contribution in [2.45, 2.75) is 0 Å². The van der Waals surface area contributed by atoms with Gasteiger partial charge in [0.05, 0.1) is 14.1 Å². The molecule has 0 spiro atoms. The minimum atomic E-state index is -1.07. The molecule has 4 nitrogen and oxygen atoms in total. The summed E-state index contributed by atoms with van der Waals surface area (Å²) in [4.78, 5) is 10.2. The molecule has 3 N–H and O–H groups in total. The molecule has 0 aromatic heterocycles. The standard InChI is InChI=1S/C5H10N2O2.BrH/c1-4(5(8)9)7(2,3)6;/h1,6H2,2-3H3;1H. The van der Waals surface area contributed by atoms with E-state index in [9.17, 15) is 4.79 Å². The van der Waals surface area contributed by atoms with Crippen LogP contribution in [0.1, 0.15) is 0 Å². The number of nitrogens with zero attached hydrogens (tertiary/aromatic N) is 1. The molecule has 0 aliphatic heterocycles. The maximum Gasteiger partial charge on any atom is 0.391 e. The van der Waals surface area contributed by atoms with Crippen LogP contribution in [0, 0.1) is 0 Å². The van der Waals surface area contributed by atoms with Crippen molar-refractivity contribution in [1.82, 2.24) is 0 Å². The first-order chi connectivity index (χ1) is 3.85. The van der Waals surface area contributed by atoms with Crippen LogP contribution in [0.3, 0.4) is 0 Å². The second-order valence-electron chi connectivity index (χ2n) is 2.29. The summed E-state index contributed by atoms with van der Waals surface area (Å²) < 4.78 is -0.227. The molecule has 0 radical (unpaired) electrons. The molecule has 0 atom stereocenters. The van der Waals surface area contributed by atoms with Gasteiger partial charge in [0.25, 0.3) is 0 Å². The summed E-state index contributed by atoms with van der Waals surface area (Å²) >= 11 is 0. The van der Waals surface area contributed by atoms with E-state index in [1.165, 1.54) is 14.1 Å². The van der Waals surface area contributed by atoms with E-state index in [4.69, 9.17) is 10.9 Å². The number of halogens is 1. The SMILES string of the molecule is C=C(C(=O)O)[N+](C)(C)N.[Br-]. The lowest BCUT2D eigenvalue weighted by Gasteiger charge is -2.20. The normalized spacial score (nSPS) is 9.90. The minimum Gasteiger partial charge on any atom is -1.00 e. The first-order valence-corrected chi connectivity index (χ1v) is 2.41. The van der Waals surface area contributed by atoms with Crippen molar-refractivity contribution >= 4 is 5.97 Å². The Kier molecular flexibility index (Phi) is 4.55. The number of carbonyl (C=O) groups is 1. The van der Waals surface area contributed by atoms with E-state index in [-0.39, 0.29) is 27.3 Å². The smallest absolute Gasteiger partial charge is 0.391 e. The molecule has 5 heteroatoms. The zero-order valence-corrected chi connectivity index (χ0v) is 7.55. The summed E-state index contributed by atoms with van der Waals surface area (Å²) in [6.07, 6.45) is 0. The minimum absolute atomic E-state index is 0. The molecular weight excluding hydrogens is 200 g/mol. The van der Waals surface area contributed by atoms with Gasteiger partial charge in [-0.3, -0.25) is 0 Å². The van der Waals surface area contributed by atoms with Crippen LogP contribution in [0.15, 0.2) is 12.3 Å². The Morgan fingerprint density at radius 3 is 1.90 bits per heavy atom. The highest BCUT2D eigenvalue weighted by Gasteiger charge is 2.21. The second kappa shape index (κ2) is 3.70. The van der Waals surface area contributed by atoms with Crippen LogP contribution in [0.4, 0.5) is 0 Å². The Morgan fingerprint density at radius 1 is 1.60 bits per heavy atom. The molecule has 0 bridgehead atoms. The van der Waals surface area contributed by atoms with Crippen LogP contribution in [-0.2, 0) is 4.79 Å². The molecule has 0 heterocycles. The van der Waals surface area contributed by atoms with Crippen molar-refractivity contribution in [3.05, 3.63) is 12.3 Å². The molecule has 60 valence electrons. The van der Waals surface area contributed by atoms with Crippen molar-refractivity contribution in [3.8, 4) is 0 Å². The monoisotopic (exact) mass is 210 g/mol. The van der Waals surface area contributed by atoms with Crippen molar-refractivity contribution in [1.29, 1.82) is 0 Å². The van der Waals surface area contributed by atoms with Gasteiger partial charge in [-0.15, -0.1) is 0 Å². The van der Waals surface area contributed by atoms with Gasteiger partial charge in [-0.2, -0.15) is 5.84 Å². The molecule has 0 aliphatic carbocycles. The predicted molar refractivity (Wildman–Crippen MR) is 33.1 cm³/mol. The van der Waals surface area contributed by atoms with Crippen molar-refractivity contribution in [2.24, 2.45) is 5.84 Å². The van der Waals surface area contributed by atoms with Gasteiger partial charge in [0, 0.05) is 0 Å². The predicted octanol–water partition coefficient (Wildman–Crippen LogP) is -3.46. The van der Waals surface area contributed by atoms with Crippen LogP contribution in [0.2, 0.25) is 0 Å². The first-order valence-electron chi connectivity index (χ1n) is 2.41. The first kappa shape index (κ1) is 12.3. The number of aliphatic carboxylic acids is 1. The Hall–Kier alpha value is -0.390. The van der Waals surface area contributed by atoms with Gasteiger partial charge in [-0.25, -0.2) is 9.39 Å². The third-order valence-corrected chi connectivity index (χ3v) is 0.943. The van der Waals surface area contributed by atoms with E-state index < -0.39 is 5.97 Å². The van der Waals surface area contributed by atoms with E-state index in [0.717, 1.165) is 0 Å². The van der Waals surface area contributed by atoms with Crippen molar-refractivity contribution in [2.75, 3.05) is 14.1 Å². The van der Waals surface area contributed by atoms with Gasteiger partial charge >= 0.3 is 5.97 Å². The Morgan fingerprint density at radius 2 is 1.90 bits per heavy atom. The van der Waals surface area contributed by atoms with E-state index in [1.54, 1.807) is 0 Å². The summed E-state index contributed by atoms with van der Waals surface area (Å²) in [5.74, 6) is 4.27. The molecule has 0 aliphatic rings. The molecule has 0 saturated carbocycles. The Bertz CT molecular complexity index is 150. The number of quaternary nitrogens is 1. The Balaban J connectivity index is 0. The lowest BCUT2D eigenvalue weighted by Crippen LogP contribution is -3.00. The van der Waals surface area contributed by atoms with Crippen molar-refractivity contribution in [3.63, 3.8) is 0 Å². The number of hydrogen-bond donors (Lipinski definition) is 2. The second-order valence-corrected chi connectivity index (χ2v) is 2.29. The summed E-state index contributed by atoms with van der Waals surface area (Å²) in [6, 6.07) is 0. The molecular formula is C5H11BrN2O2. The number of nitrogens with two attached hydrogens (primary N) is 1. The molecule has 0 amide bonds. The van der Waals surface area contributed by atoms with Gasteiger partial charge < -0.3 is 22.1 Å². The number of rotatable bonds is 2. The fraction of sp³-hybridized carbons (Fsp3) is 0.400. The molecule has 0 aromatic rings. The van der Waals surface area contributed by atoms with Gasteiger partial charge in [-0.1, -0.05) is 0 Å². The number of likely N-dealkylation sites (N-methyl/N-ethyl adjacent to an activating group) is 1. The highest BCUT2D eigenvalue weighted by Crippen LogP contribution is 1.99. The van der Waals surface area contributed by atoms with Crippen molar-refractivity contribution < 1.29 is 31.5 Å². The molecule has 0 rings (SSSR count). The zero-order valence-electron chi connectivity index (χ0n) is 5.97. The highest BCUT2D eigenvalue weighted by atomic mass is 79.9. The summed E-state index contributed by atoms with van der Waals surface area (Å²) in [5, 5.41) is 8.32. The number of carboxylic acids is 1. The van der Waals surface area contributed by atoms with E-state index in [2.05, 4.69) is 6.58 Å². The summed E-state index contributed by atoms with van der Waals surface area (Å²) in [5.41, 5.74) is -0.0324. The topological polar surface area (TPSA) is 63.3 Å². The lowest BCUT2D eigenvalue weighted by atomic mass is 10.4. The molecule has 0 unspecified atom stereocenters. The average molecular weight is 211 g/mol. The molecule has 0 fully saturated rings. The lowest BCUT2D eigenvalue weighted by molar-refractivity contribution is -0.860. The molecule has 0 saturated heterocycles. The van der Waals surface area contributed by atoms with Gasteiger partial charge in [0.1, 0.15) is 0 Å². The van der Waals surface area contributed by atoms with E-state index >= 15 is 0 Å². The highest BCUT2D eigenvalue weighted by molar-refractivity contribution is 5.83. The fourth-order valence-electron chi connectivity index (χ4n) is 0.247. The fourth-order valence-corrected chi connectivity index (χ4v) is 0.247. The summed E-state index contributed by atoms with van der Waals surface area (Å²) in [6.45, 7) is 3.27. The number of carboxylic acid groups (broad SMARTS) is 1. The van der Waals surface area contributed by atoms with Crippen LogP contribution in [-0.4, -0.2) is 29.8 Å². The van der Waals surface area contributed by atoms with Crippen LogP contribution < -0.4 is 22.8 Å². The quantitative estimate of drug-likeness (QED) is 0.216. The van der Waals surface area contributed by atoms with Crippen LogP contribution in [0.5, 0.6) is 0 Å². The largest absolute Gasteiger partial charge is 1.00 e. The van der Waals surface area contributed by atoms with Gasteiger partial charge in [0.2, 0.25) is 5.70 Å². The maximum atomic E-state index is 10.2. The van der Waals surface area contributed by atoms with E-state index in [1.807, 2.05) is 0 Å². The number of hydrogen-bond acceptors (Lipinski definition) is 2. The average Bonchev–Trinajstić information content (AvgIpc) is 1.62. The molecule has 10 heavy (non-hydrogen) atoms. The zero-order chi connectivity index (χ0) is 7.65. The molecule has 0 aromatic carbocycles. The van der Waals surface area contributed by atoms with Crippen LogP contribution in [0.25, 0.3) is 0 Å². The summed E-state index contributed by atoms with van der Waals surface area (Å²) in [7, 11) is 3.08. The van der Waals surface area contributed by atoms with E-state index in [0.29, 0.717) is 0 Å². The van der Waals surface area contributed by atoms with Gasteiger partial charge in [-0.05, 0) is 6.58 Å². The van der Waals surface area contributed by atoms with Gasteiger partial charge in [0.15, 0.2) is 0 Å². The third-order valence-electron chi connectivity index (χ3n) is 0.943. The third kappa shape index (κ3) is 3.60. The Labute approximate surface area is 70.3 Å².